The fourth-order valence-electron chi connectivity index (χ4n) is 3.10. The van der Waals surface area contributed by atoms with Crippen LogP contribution in [0.15, 0.2) is 0 Å². The molecule has 1 N–H and O–H groups in total. The first kappa shape index (κ1) is 14.9. The molecule has 1 heterocycles. The van der Waals surface area contributed by atoms with Gasteiger partial charge in [0.05, 0.1) is 16.4 Å². The van der Waals surface area contributed by atoms with Crippen LogP contribution in [-0.4, -0.2) is 15.8 Å². The predicted octanol–water partition coefficient (Wildman–Crippen LogP) is 3.69. The van der Waals surface area contributed by atoms with Crippen LogP contribution in [0.2, 0.25) is 5.02 Å². The average molecular weight is 284 g/mol. The Morgan fingerprint density at radius 1 is 1.37 bits per heavy atom. The van der Waals surface area contributed by atoms with Crippen molar-refractivity contribution in [2.24, 2.45) is 13.0 Å². The lowest BCUT2D eigenvalue weighted by molar-refractivity contribution is 0.277. The quantitative estimate of drug-likeness (QED) is 0.893. The van der Waals surface area contributed by atoms with Crippen molar-refractivity contribution in [2.75, 3.05) is 0 Å². The first-order valence-corrected chi connectivity index (χ1v) is 7.97. The van der Waals surface area contributed by atoms with Gasteiger partial charge in [-0.25, -0.2) is 0 Å². The lowest BCUT2D eigenvalue weighted by Crippen LogP contribution is -2.34. The highest BCUT2D eigenvalue weighted by Gasteiger charge is 2.21. The molecule has 2 atom stereocenters. The maximum Gasteiger partial charge on any atom is 0.0863 e. The number of aryl methyl sites for hydroxylation is 2. The van der Waals surface area contributed by atoms with Crippen molar-refractivity contribution in [3.63, 3.8) is 0 Å². The number of hydrogen-bond acceptors (Lipinski definition) is 2. The second kappa shape index (κ2) is 6.76. The van der Waals surface area contributed by atoms with E-state index < -0.39 is 0 Å². The summed E-state index contributed by atoms with van der Waals surface area (Å²) in [5.41, 5.74) is 2.13. The molecule has 4 heteroatoms. The zero-order valence-electron chi connectivity index (χ0n) is 12.4. The summed E-state index contributed by atoms with van der Waals surface area (Å²) in [5.74, 6) is 0.902. The second-order valence-corrected chi connectivity index (χ2v) is 6.08. The van der Waals surface area contributed by atoms with E-state index in [1.54, 1.807) is 0 Å². The van der Waals surface area contributed by atoms with Gasteiger partial charge in [-0.3, -0.25) is 4.68 Å². The first-order valence-electron chi connectivity index (χ1n) is 7.59. The van der Waals surface area contributed by atoms with E-state index in [1.165, 1.54) is 32.1 Å². The number of halogens is 1. The molecule has 1 aromatic heterocycles. The summed E-state index contributed by atoms with van der Waals surface area (Å²) in [6.45, 7) is 5.24. The Kier molecular flexibility index (Phi) is 5.28. The van der Waals surface area contributed by atoms with Crippen molar-refractivity contribution < 1.29 is 0 Å². The van der Waals surface area contributed by atoms with Gasteiger partial charge in [-0.15, -0.1) is 0 Å². The van der Waals surface area contributed by atoms with Crippen LogP contribution in [0.5, 0.6) is 0 Å². The monoisotopic (exact) mass is 283 g/mol. The molecule has 1 saturated carbocycles. The zero-order valence-corrected chi connectivity index (χ0v) is 13.1. The van der Waals surface area contributed by atoms with E-state index in [4.69, 9.17) is 11.6 Å². The van der Waals surface area contributed by atoms with Crippen LogP contribution in [0.4, 0.5) is 0 Å². The summed E-state index contributed by atoms with van der Waals surface area (Å²) in [4.78, 5) is 0. The van der Waals surface area contributed by atoms with Crippen LogP contribution in [0.3, 0.4) is 0 Å². The zero-order chi connectivity index (χ0) is 13.8. The molecule has 0 saturated heterocycles. The van der Waals surface area contributed by atoms with Crippen molar-refractivity contribution >= 4 is 11.6 Å². The summed E-state index contributed by atoms with van der Waals surface area (Å²) in [6.07, 6.45) is 7.58. The topological polar surface area (TPSA) is 29.9 Å². The molecule has 0 bridgehead atoms. The Balaban J connectivity index is 1.93. The molecule has 0 amide bonds. The minimum absolute atomic E-state index is 0.648. The molecule has 0 aliphatic heterocycles. The summed E-state index contributed by atoms with van der Waals surface area (Å²) in [7, 11) is 1.98. The molecule has 0 spiro atoms. The average Bonchev–Trinajstić information content (AvgIpc) is 2.71. The Bertz CT molecular complexity index is 414. The van der Waals surface area contributed by atoms with Crippen LogP contribution < -0.4 is 5.32 Å². The molecule has 108 valence electrons. The van der Waals surface area contributed by atoms with Gasteiger partial charge in [0.2, 0.25) is 0 Å². The van der Waals surface area contributed by atoms with Gasteiger partial charge < -0.3 is 5.32 Å². The SMILES string of the molecule is CCc1nn(C)c(CNC2CCCC(CC)C2)c1Cl. The van der Waals surface area contributed by atoms with Crippen LogP contribution in [0.1, 0.15) is 57.3 Å². The molecule has 1 aliphatic rings. The minimum atomic E-state index is 0.648. The van der Waals surface area contributed by atoms with Gasteiger partial charge in [-0.1, -0.05) is 44.7 Å². The summed E-state index contributed by atoms with van der Waals surface area (Å²) in [6, 6.07) is 0.648. The molecule has 1 aliphatic carbocycles. The number of aromatic nitrogens is 2. The number of rotatable bonds is 5. The van der Waals surface area contributed by atoms with Gasteiger partial charge in [0, 0.05) is 19.6 Å². The van der Waals surface area contributed by atoms with E-state index in [1.807, 2.05) is 11.7 Å². The lowest BCUT2D eigenvalue weighted by atomic mass is 9.84. The van der Waals surface area contributed by atoms with E-state index in [0.29, 0.717) is 6.04 Å². The highest BCUT2D eigenvalue weighted by Crippen LogP contribution is 2.27. The summed E-state index contributed by atoms with van der Waals surface area (Å²) >= 11 is 6.38. The molecule has 3 nitrogen and oxygen atoms in total. The lowest BCUT2D eigenvalue weighted by Gasteiger charge is -2.29. The fraction of sp³-hybridized carbons (Fsp3) is 0.800. The standard InChI is InChI=1S/C15H26ClN3/c1-4-11-7-6-8-12(9-11)17-10-14-15(16)13(5-2)18-19(14)3/h11-12,17H,4-10H2,1-3H3. The van der Waals surface area contributed by atoms with E-state index >= 15 is 0 Å². The fourth-order valence-corrected chi connectivity index (χ4v) is 3.46. The maximum atomic E-state index is 6.38. The summed E-state index contributed by atoms with van der Waals surface area (Å²) in [5, 5.41) is 8.99. The van der Waals surface area contributed by atoms with Gasteiger partial charge in [-0.05, 0) is 25.2 Å². The van der Waals surface area contributed by atoms with E-state index in [2.05, 4.69) is 24.3 Å². The predicted molar refractivity (Wildman–Crippen MR) is 80.5 cm³/mol. The molecule has 2 rings (SSSR count). The Morgan fingerprint density at radius 3 is 2.79 bits per heavy atom. The van der Waals surface area contributed by atoms with E-state index in [-0.39, 0.29) is 0 Å². The number of nitrogens with one attached hydrogen (secondary N) is 1. The van der Waals surface area contributed by atoms with Crippen LogP contribution in [0, 0.1) is 5.92 Å². The number of nitrogens with zero attached hydrogens (tertiary/aromatic N) is 2. The second-order valence-electron chi connectivity index (χ2n) is 5.70. The molecular formula is C15H26ClN3. The molecule has 1 fully saturated rings. The maximum absolute atomic E-state index is 6.38. The van der Waals surface area contributed by atoms with Crippen LogP contribution in [0.25, 0.3) is 0 Å². The highest BCUT2D eigenvalue weighted by atomic mass is 35.5. The third-order valence-corrected chi connectivity index (χ3v) is 4.86. The van der Waals surface area contributed by atoms with Gasteiger partial charge in [0.1, 0.15) is 0 Å². The largest absolute Gasteiger partial charge is 0.308 e. The normalized spacial score (nSPS) is 23.8. The molecular weight excluding hydrogens is 258 g/mol. The molecule has 1 aromatic rings. The van der Waals surface area contributed by atoms with Gasteiger partial charge >= 0.3 is 0 Å². The van der Waals surface area contributed by atoms with E-state index in [0.717, 1.165) is 35.3 Å². The van der Waals surface area contributed by atoms with Crippen molar-refractivity contribution in [1.82, 2.24) is 15.1 Å². The smallest absolute Gasteiger partial charge is 0.0863 e. The van der Waals surface area contributed by atoms with E-state index in [9.17, 15) is 0 Å². The number of hydrogen-bond donors (Lipinski definition) is 1. The van der Waals surface area contributed by atoms with Crippen LogP contribution >= 0.6 is 11.6 Å². The Hall–Kier alpha value is -0.540. The van der Waals surface area contributed by atoms with Crippen molar-refractivity contribution in [1.29, 1.82) is 0 Å². The van der Waals surface area contributed by atoms with Gasteiger partial charge in [0.15, 0.2) is 0 Å². The van der Waals surface area contributed by atoms with Crippen molar-refractivity contribution in [2.45, 2.75) is 65.0 Å². The van der Waals surface area contributed by atoms with Crippen LogP contribution in [-0.2, 0) is 20.0 Å². The minimum Gasteiger partial charge on any atom is -0.308 e. The first-order chi connectivity index (χ1) is 9.15. The molecule has 0 radical (unpaired) electrons. The third kappa shape index (κ3) is 3.51. The van der Waals surface area contributed by atoms with Gasteiger partial charge in [-0.2, -0.15) is 5.10 Å². The van der Waals surface area contributed by atoms with Crippen molar-refractivity contribution in [3.8, 4) is 0 Å². The summed E-state index contributed by atoms with van der Waals surface area (Å²) < 4.78 is 1.92. The molecule has 0 aromatic carbocycles. The molecule has 2 unspecified atom stereocenters. The molecule has 19 heavy (non-hydrogen) atoms. The van der Waals surface area contributed by atoms with Gasteiger partial charge in [0.25, 0.3) is 0 Å². The highest BCUT2D eigenvalue weighted by molar-refractivity contribution is 6.31. The Morgan fingerprint density at radius 2 is 2.16 bits per heavy atom. The Labute approximate surface area is 121 Å². The third-order valence-electron chi connectivity index (χ3n) is 4.42. The van der Waals surface area contributed by atoms with Crippen molar-refractivity contribution in [3.05, 3.63) is 16.4 Å².